The van der Waals surface area contributed by atoms with Gasteiger partial charge in [0.15, 0.2) is 0 Å². The van der Waals surface area contributed by atoms with Crippen LogP contribution < -0.4 is 4.31 Å². The second kappa shape index (κ2) is 7.59. The van der Waals surface area contributed by atoms with Crippen molar-refractivity contribution in [1.29, 1.82) is 0 Å². The van der Waals surface area contributed by atoms with Gasteiger partial charge in [-0.1, -0.05) is 59.6 Å². The molecule has 4 rings (SSSR count). The number of anilines is 1. The van der Waals surface area contributed by atoms with Gasteiger partial charge in [0.25, 0.3) is 10.0 Å². The van der Waals surface area contributed by atoms with E-state index in [1.54, 1.807) is 24.3 Å². The van der Waals surface area contributed by atoms with Crippen LogP contribution in [0, 0.1) is 6.92 Å². The molecule has 144 valence electrons. The van der Waals surface area contributed by atoms with E-state index in [9.17, 15) is 8.42 Å². The number of halogens is 1. The molecular formula is C22H20ClNO3S. The number of nitrogens with zero attached hydrogens (tertiary/aromatic N) is 1. The first-order valence-corrected chi connectivity index (χ1v) is 10.8. The molecule has 0 saturated carbocycles. The van der Waals surface area contributed by atoms with E-state index >= 15 is 0 Å². The van der Waals surface area contributed by atoms with Crippen molar-refractivity contribution in [3.05, 3.63) is 94.5 Å². The van der Waals surface area contributed by atoms with E-state index in [-0.39, 0.29) is 11.4 Å². The van der Waals surface area contributed by atoms with Crippen LogP contribution in [-0.2, 0) is 21.4 Å². The predicted octanol–water partition coefficient (Wildman–Crippen LogP) is 5.12. The largest absolute Gasteiger partial charge is 0.367 e. The summed E-state index contributed by atoms with van der Waals surface area (Å²) in [5.41, 5.74) is 3.40. The highest BCUT2D eigenvalue weighted by atomic mass is 35.5. The third kappa shape index (κ3) is 3.65. The maximum absolute atomic E-state index is 13.5. The zero-order valence-corrected chi connectivity index (χ0v) is 17.0. The number of aryl methyl sites for hydroxylation is 1. The van der Waals surface area contributed by atoms with Crippen LogP contribution in [0.5, 0.6) is 0 Å². The Labute approximate surface area is 170 Å². The van der Waals surface area contributed by atoms with E-state index in [1.807, 2.05) is 55.5 Å². The van der Waals surface area contributed by atoms with Gasteiger partial charge in [-0.15, -0.1) is 0 Å². The van der Waals surface area contributed by atoms with Gasteiger partial charge in [-0.05, 0) is 42.8 Å². The Morgan fingerprint density at radius 1 is 0.964 bits per heavy atom. The third-order valence-electron chi connectivity index (χ3n) is 4.88. The zero-order valence-electron chi connectivity index (χ0n) is 15.4. The normalized spacial score (nSPS) is 17.1. The summed E-state index contributed by atoms with van der Waals surface area (Å²) < 4.78 is 34.5. The monoisotopic (exact) mass is 413 g/mol. The van der Waals surface area contributed by atoms with Crippen molar-refractivity contribution in [2.75, 3.05) is 10.8 Å². The summed E-state index contributed by atoms with van der Waals surface area (Å²) >= 11 is 6.00. The van der Waals surface area contributed by atoms with Crippen molar-refractivity contribution in [2.24, 2.45) is 0 Å². The van der Waals surface area contributed by atoms with Gasteiger partial charge in [0, 0.05) is 10.6 Å². The third-order valence-corrected chi connectivity index (χ3v) is 6.93. The fourth-order valence-electron chi connectivity index (χ4n) is 3.31. The molecule has 1 aliphatic rings. The Hall–Kier alpha value is -2.34. The van der Waals surface area contributed by atoms with Crippen molar-refractivity contribution in [1.82, 2.24) is 0 Å². The van der Waals surface area contributed by atoms with Crippen molar-refractivity contribution in [3.63, 3.8) is 0 Å². The van der Waals surface area contributed by atoms with Gasteiger partial charge in [0.2, 0.25) is 0 Å². The first kappa shape index (κ1) is 19.0. The quantitative estimate of drug-likeness (QED) is 0.599. The summed E-state index contributed by atoms with van der Waals surface area (Å²) in [6.45, 7) is 2.46. The SMILES string of the molecule is Cc1ccc(S(=O)(=O)N2CC(c3ccc(Cl)cc3)OCc3ccccc32)cc1. The Bertz CT molecular complexity index is 1080. The molecule has 1 unspecified atom stereocenters. The first-order chi connectivity index (χ1) is 13.4. The summed E-state index contributed by atoms with van der Waals surface area (Å²) in [4.78, 5) is 0.268. The fraction of sp³-hybridized carbons (Fsp3) is 0.182. The fourth-order valence-corrected chi connectivity index (χ4v) is 4.94. The summed E-state index contributed by atoms with van der Waals surface area (Å²) in [7, 11) is -3.74. The lowest BCUT2D eigenvalue weighted by atomic mass is 10.1. The standard InChI is InChI=1S/C22H20ClNO3S/c1-16-6-12-20(13-7-16)28(25,26)24-14-22(17-8-10-19(23)11-9-17)27-15-18-4-2-3-5-21(18)24/h2-13,22H,14-15H2,1H3. The van der Waals surface area contributed by atoms with Crippen LogP contribution in [0.4, 0.5) is 5.69 Å². The molecule has 1 aliphatic heterocycles. The lowest BCUT2D eigenvalue weighted by Gasteiger charge is -2.27. The van der Waals surface area contributed by atoms with Crippen LogP contribution in [0.3, 0.4) is 0 Å². The molecule has 1 heterocycles. The van der Waals surface area contributed by atoms with Crippen LogP contribution in [0.1, 0.15) is 22.8 Å². The summed E-state index contributed by atoms with van der Waals surface area (Å²) in [6, 6.07) is 21.7. The van der Waals surface area contributed by atoms with Crippen molar-refractivity contribution < 1.29 is 13.2 Å². The highest BCUT2D eigenvalue weighted by molar-refractivity contribution is 7.92. The Morgan fingerprint density at radius 3 is 2.36 bits per heavy atom. The number of rotatable bonds is 3. The van der Waals surface area contributed by atoms with Gasteiger partial charge >= 0.3 is 0 Å². The number of hydrogen-bond acceptors (Lipinski definition) is 3. The van der Waals surface area contributed by atoms with Crippen LogP contribution >= 0.6 is 11.6 Å². The molecule has 0 aromatic heterocycles. The predicted molar refractivity (Wildman–Crippen MR) is 111 cm³/mol. The van der Waals surface area contributed by atoms with E-state index in [1.165, 1.54) is 4.31 Å². The maximum Gasteiger partial charge on any atom is 0.264 e. The second-order valence-corrected chi connectivity index (χ2v) is 9.13. The number of benzene rings is 3. The Morgan fingerprint density at radius 2 is 1.64 bits per heavy atom. The van der Waals surface area contributed by atoms with Crippen LogP contribution in [0.2, 0.25) is 5.02 Å². The minimum Gasteiger partial charge on any atom is -0.367 e. The van der Waals surface area contributed by atoms with Gasteiger partial charge in [-0.2, -0.15) is 0 Å². The molecule has 6 heteroatoms. The number of hydrogen-bond donors (Lipinski definition) is 0. The van der Waals surface area contributed by atoms with Gasteiger partial charge in [-0.3, -0.25) is 4.31 Å². The van der Waals surface area contributed by atoms with Gasteiger partial charge in [-0.25, -0.2) is 8.42 Å². The molecule has 0 saturated heterocycles. The first-order valence-electron chi connectivity index (χ1n) is 8.99. The van der Waals surface area contributed by atoms with Crippen LogP contribution in [0.25, 0.3) is 0 Å². The molecule has 0 fully saturated rings. The molecule has 0 radical (unpaired) electrons. The number of sulfonamides is 1. The summed E-state index contributed by atoms with van der Waals surface area (Å²) in [5, 5.41) is 0.629. The molecule has 0 spiro atoms. The van der Waals surface area contributed by atoms with E-state index in [4.69, 9.17) is 16.3 Å². The summed E-state index contributed by atoms with van der Waals surface area (Å²) in [6.07, 6.45) is -0.398. The van der Waals surface area contributed by atoms with Crippen LogP contribution in [-0.4, -0.2) is 15.0 Å². The zero-order chi connectivity index (χ0) is 19.7. The average molecular weight is 414 g/mol. The molecule has 0 amide bonds. The molecule has 3 aromatic rings. The molecule has 1 atom stereocenters. The van der Waals surface area contributed by atoms with Gasteiger partial charge in [0.1, 0.15) is 6.10 Å². The van der Waals surface area contributed by atoms with E-state index in [2.05, 4.69) is 0 Å². The second-order valence-electron chi connectivity index (χ2n) is 6.83. The van der Waals surface area contributed by atoms with Crippen LogP contribution in [0.15, 0.2) is 77.7 Å². The van der Waals surface area contributed by atoms with Crippen molar-refractivity contribution >= 4 is 27.3 Å². The topological polar surface area (TPSA) is 46.6 Å². The smallest absolute Gasteiger partial charge is 0.264 e. The highest BCUT2D eigenvalue weighted by Crippen LogP contribution is 2.35. The molecule has 0 aliphatic carbocycles. The van der Waals surface area contributed by atoms with Gasteiger partial charge in [0.05, 0.1) is 23.7 Å². The number of para-hydroxylation sites is 1. The average Bonchev–Trinajstić information content (AvgIpc) is 2.89. The van der Waals surface area contributed by atoms with E-state index in [0.29, 0.717) is 17.3 Å². The van der Waals surface area contributed by atoms with Crippen molar-refractivity contribution in [2.45, 2.75) is 24.5 Å². The molecule has 4 nitrogen and oxygen atoms in total. The minimum atomic E-state index is -3.74. The molecule has 0 bridgehead atoms. The van der Waals surface area contributed by atoms with E-state index in [0.717, 1.165) is 16.7 Å². The highest BCUT2D eigenvalue weighted by Gasteiger charge is 2.32. The Kier molecular flexibility index (Phi) is 5.15. The number of fused-ring (bicyclic) bond motifs is 1. The van der Waals surface area contributed by atoms with Crippen molar-refractivity contribution in [3.8, 4) is 0 Å². The van der Waals surface area contributed by atoms with E-state index < -0.39 is 16.1 Å². The lowest BCUT2D eigenvalue weighted by Crippen LogP contribution is -2.34. The lowest BCUT2D eigenvalue weighted by molar-refractivity contribution is 0.0508. The number of ether oxygens (including phenoxy) is 1. The Balaban J connectivity index is 1.79. The summed E-state index contributed by atoms with van der Waals surface area (Å²) in [5.74, 6) is 0. The molecule has 28 heavy (non-hydrogen) atoms. The molecular weight excluding hydrogens is 394 g/mol. The maximum atomic E-state index is 13.5. The molecule has 3 aromatic carbocycles. The minimum absolute atomic E-state index is 0.189. The van der Waals surface area contributed by atoms with Gasteiger partial charge < -0.3 is 4.74 Å². The molecule has 0 N–H and O–H groups in total.